The molecule has 17 heavy (non-hydrogen) atoms. The van der Waals surface area contributed by atoms with Crippen LogP contribution in [0, 0.1) is 0 Å². The predicted octanol–water partition coefficient (Wildman–Crippen LogP) is -0.680. The number of nitrogens with two attached hydrogens (primary N) is 1. The van der Waals surface area contributed by atoms with Crippen LogP contribution in [0.4, 0.5) is 0 Å². The van der Waals surface area contributed by atoms with E-state index in [1.807, 2.05) is 5.43 Å². The highest BCUT2D eigenvalue weighted by atomic mass is 16.4. The smallest absolute Gasteiger partial charge is 0.335 e. The Morgan fingerprint density at radius 3 is 2.29 bits per heavy atom. The van der Waals surface area contributed by atoms with Crippen LogP contribution in [0.2, 0.25) is 0 Å². The lowest BCUT2D eigenvalue weighted by Gasteiger charge is -1.96. The normalized spacial score (nSPS) is 10.1. The van der Waals surface area contributed by atoms with Gasteiger partial charge in [-0.05, 0) is 17.7 Å². The van der Waals surface area contributed by atoms with Crippen molar-refractivity contribution in [3.05, 3.63) is 35.4 Å². The monoisotopic (exact) mass is 235 g/mol. The molecular formula is C10H9N3O4. The number of hydrazone groups is 1. The number of hydrogen-bond acceptors (Lipinski definition) is 4. The van der Waals surface area contributed by atoms with E-state index in [1.54, 1.807) is 0 Å². The number of hydrogen-bond donors (Lipinski definition) is 3. The molecule has 0 aliphatic heterocycles. The Bertz CT molecular complexity index is 479. The van der Waals surface area contributed by atoms with E-state index in [0.29, 0.717) is 5.56 Å². The maximum Gasteiger partial charge on any atom is 0.335 e. The van der Waals surface area contributed by atoms with Crippen LogP contribution in [-0.4, -0.2) is 29.1 Å². The van der Waals surface area contributed by atoms with Gasteiger partial charge in [-0.25, -0.2) is 10.2 Å². The van der Waals surface area contributed by atoms with E-state index in [-0.39, 0.29) is 5.56 Å². The second-order valence-corrected chi connectivity index (χ2v) is 2.99. The van der Waals surface area contributed by atoms with E-state index in [2.05, 4.69) is 10.8 Å². The molecular weight excluding hydrogens is 226 g/mol. The molecule has 1 rings (SSSR count). The van der Waals surface area contributed by atoms with Gasteiger partial charge in [-0.15, -0.1) is 0 Å². The molecule has 0 saturated carbocycles. The summed E-state index contributed by atoms with van der Waals surface area (Å²) in [7, 11) is 0. The lowest BCUT2D eigenvalue weighted by molar-refractivity contribution is -0.137. The fraction of sp³-hybridized carbons (Fsp3) is 0. The van der Waals surface area contributed by atoms with Crippen molar-refractivity contribution in [2.45, 2.75) is 0 Å². The molecule has 1 aromatic carbocycles. The highest BCUT2D eigenvalue weighted by Gasteiger charge is 2.05. The first-order valence-corrected chi connectivity index (χ1v) is 4.47. The molecule has 0 atom stereocenters. The molecule has 4 N–H and O–H groups in total. The van der Waals surface area contributed by atoms with Gasteiger partial charge in [0.2, 0.25) is 0 Å². The van der Waals surface area contributed by atoms with Crippen molar-refractivity contribution in [2.75, 3.05) is 0 Å². The van der Waals surface area contributed by atoms with E-state index in [4.69, 9.17) is 5.11 Å². The summed E-state index contributed by atoms with van der Waals surface area (Å²) >= 11 is 0. The molecule has 0 bridgehead atoms. The summed E-state index contributed by atoms with van der Waals surface area (Å²) in [5.41, 5.74) is 7.30. The Morgan fingerprint density at radius 1 is 1.24 bits per heavy atom. The summed E-state index contributed by atoms with van der Waals surface area (Å²) in [6.45, 7) is 0. The van der Waals surface area contributed by atoms with Crippen molar-refractivity contribution < 1.29 is 19.5 Å². The van der Waals surface area contributed by atoms with Crippen LogP contribution in [0.1, 0.15) is 15.9 Å². The third kappa shape index (κ3) is 3.74. The number of primary amides is 1. The first-order valence-electron chi connectivity index (χ1n) is 4.47. The van der Waals surface area contributed by atoms with Gasteiger partial charge < -0.3 is 10.8 Å². The lowest BCUT2D eigenvalue weighted by atomic mass is 10.1. The van der Waals surface area contributed by atoms with Gasteiger partial charge in [-0.3, -0.25) is 9.59 Å². The van der Waals surface area contributed by atoms with Crippen molar-refractivity contribution in [1.82, 2.24) is 5.43 Å². The molecule has 0 aliphatic rings. The molecule has 0 aliphatic carbocycles. The summed E-state index contributed by atoms with van der Waals surface area (Å²) in [5, 5.41) is 12.1. The minimum absolute atomic E-state index is 0.142. The Balaban J connectivity index is 2.63. The number of nitrogens with zero attached hydrogens (tertiary/aromatic N) is 1. The first-order chi connectivity index (χ1) is 8.00. The SMILES string of the molecule is NC(=O)C(=O)N/N=C/c1ccc(C(=O)O)cc1. The molecule has 0 saturated heterocycles. The van der Waals surface area contributed by atoms with Crippen LogP contribution in [0.3, 0.4) is 0 Å². The largest absolute Gasteiger partial charge is 0.478 e. The summed E-state index contributed by atoms with van der Waals surface area (Å²) in [6.07, 6.45) is 1.26. The van der Waals surface area contributed by atoms with Crippen LogP contribution in [-0.2, 0) is 9.59 Å². The first kappa shape index (κ1) is 12.4. The Labute approximate surface area is 95.9 Å². The molecule has 1 aromatic rings. The van der Waals surface area contributed by atoms with E-state index < -0.39 is 17.8 Å². The van der Waals surface area contributed by atoms with Crippen LogP contribution < -0.4 is 11.2 Å². The van der Waals surface area contributed by atoms with E-state index >= 15 is 0 Å². The zero-order valence-corrected chi connectivity index (χ0v) is 8.58. The van der Waals surface area contributed by atoms with Gasteiger partial charge in [-0.2, -0.15) is 5.10 Å². The predicted molar refractivity (Wildman–Crippen MR) is 58.3 cm³/mol. The highest BCUT2D eigenvalue weighted by molar-refractivity contribution is 6.34. The van der Waals surface area contributed by atoms with Crippen LogP contribution >= 0.6 is 0 Å². The summed E-state index contributed by atoms with van der Waals surface area (Å²) in [6, 6.07) is 5.78. The third-order valence-electron chi connectivity index (χ3n) is 1.76. The molecule has 0 spiro atoms. The topological polar surface area (TPSA) is 122 Å². The van der Waals surface area contributed by atoms with Gasteiger partial charge in [-0.1, -0.05) is 12.1 Å². The summed E-state index contributed by atoms with van der Waals surface area (Å²) < 4.78 is 0. The van der Waals surface area contributed by atoms with Crippen molar-refractivity contribution in [3.8, 4) is 0 Å². The number of benzene rings is 1. The number of nitrogens with one attached hydrogen (secondary N) is 1. The van der Waals surface area contributed by atoms with Gasteiger partial charge in [0.05, 0.1) is 11.8 Å². The molecule has 7 nitrogen and oxygen atoms in total. The molecule has 0 fully saturated rings. The fourth-order valence-corrected chi connectivity index (χ4v) is 0.932. The molecule has 2 amide bonds. The van der Waals surface area contributed by atoms with Gasteiger partial charge >= 0.3 is 17.8 Å². The summed E-state index contributed by atoms with van der Waals surface area (Å²) in [4.78, 5) is 31.6. The second-order valence-electron chi connectivity index (χ2n) is 2.99. The maximum atomic E-state index is 10.7. The molecule has 0 aromatic heterocycles. The van der Waals surface area contributed by atoms with E-state index in [9.17, 15) is 14.4 Å². The van der Waals surface area contributed by atoms with Crippen LogP contribution in [0.25, 0.3) is 0 Å². The highest BCUT2D eigenvalue weighted by Crippen LogP contribution is 2.01. The second kappa shape index (κ2) is 5.40. The van der Waals surface area contributed by atoms with Crippen molar-refractivity contribution in [1.29, 1.82) is 0 Å². The Kier molecular flexibility index (Phi) is 3.93. The molecule has 0 radical (unpaired) electrons. The number of aromatic carboxylic acids is 1. The van der Waals surface area contributed by atoms with Crippen molar-refractivity contribution in [2.24, 2.45) is 10.8 Å². The van der Waals surface area contributed by atoms with E-state index in [1.165, 1.54) is 30.5 Å². The number of carbonyl (C=O) groups is 3. The average molecular weight is 235 g/mol. The van der Waals surface area contributed by atoms with Gasteiger partial charge in [0.25, 0.3) is 0 Å². The Morgan fingerprint density at radius 2 is 1.82 bits per heavy atom. The zero-order valence-electron chi connectivity index (χ0n) is 8.58. The number of amides is 2. The van der Waals surface area contributed by atoms with Crippen molar-refractivity contribution in [3.63, 3.8) is 0 Å². The molecule has 7 heteroatoms. The van der Waals surface area contributed by atoms with Crippen molar-refractivity contribution >= 4 is 24.0 Å². The fourth-order valence-electron chi connectivity index (χ4n) is 0.932. The summed E-state index contributed by atoms with van der Waals surface area (Å²) in [5.74, 6) is -3.19. The quantitative estimate of drug-likeness (QED) is 0.365. The van der Waals surface area contributed by atoms with Crippen LogP contribution in [0.15, 0.2) is 29.4 Å². The lowest BCUT2D eigenvalue weighted by Crippen LogP contribution is -2.32. The van der Waals surface area contributed by atoms with Gasteiger partial charge in [0.15, 0.2) is 0 Å². The standard InChI is InChI=1S/C10H9N3O4/c11-8(14)9(15)13-12-5-6-1-3-7(4-2-6)10(16)17/h1-5H,(H2,11,14)(H,13,15)(H,16,17)/b12-5+. The number of carboxylic acid groups (broad SMARTS) is 1. The Hall–Kier alpha value is -2.70. The maximum absolute atomic E-state index is 10.7. The molecule has 88 valence electrons. The number of carboxylic acids is 1. The van der Waals surface area contributed by atoms with Gasteiger partial charge in [0.1, 0.15) is 0 Å². The number of carbonyl (C=O) groups excluding carboxylic acids is 2. The molecule has 0 unspecified atom stereocenters. The molecule has 0 heterocycles. The zero-order chi connectivity index (χ0) is 12.8. The van der Waals surface area contributed by atoms with Gasteiger partial charge in [0, 0.05) is 0 Å². The third-order valence-corrected chi connectivity index (χ3v) is 1.76. The number of rotatable bonds is 3. The van der Waals surface area contributed by atoms with Crippen LogP contribution in [0.5, 0.6) is 0 Å². The van der Waals surface area contributed by atoms with E-state index in [0.717, 1.165) is 0 Å². The minimum Gasteiger partial charge on any atom is -0.478 e. The minimum atomic E-state index is -1.14. The average Bonchev–Trinajstić information content (AvgIpc) is 2.29.